The average molecular weight is 187 g/mol. The average Bonchev–Trinajstić information content (AvgIpc) is 2.59. The van der Waals surface area contributed by atoms with E-state index in [1.807, 2.05) is 13.8 Å². The van der Waals surface area contributed by atoms with E-state index in [2.05, 4.69) is 19.9 Å². The summed E-state index contributed by atoms with van der Waals surface area (Å²) >= 11 is 0. The summed E-state index contributed by atoms with van der Waals surface area (Å²) in [7, 11) is 0. The van der Waals surface area contributed by atoms with E-state index >= 15 is 0 Å². The number of fused-ring (bicyclic) bond motifs is 1. The highest BCUT2D eigenvalue weighted by Crippen LogP contribution is 2.16. The molecule has 0 spiro atoms. The molecule has 14 heavy (non-hydrogen) atoms. The summed E-state index contributed by atoms with van der Waals surface area (Å²) in [5, 5.41) is 5.05. The maximum atomic E-state index is 6.82. The fourth-order valence-corrected chi connectivity index (χ4v) is 1.26. The Hall–Kier alpha value is -1.96. The van der Waals surface area contributed by atoms with Crippen LogP contribution in [0.4, 0.5) is 5.95 Å². The van der Waals surface area contributed by atoms with Crippen LogP contribution in [0.5, 0.6) is 0 Å². The van der Waals surface area contributed by atoms with E-state index in [9.17, 15) is 0 Å². The van der Waals surface area contributed by atoms with Gasteiger partial charge in [-0.25, -0.2) is 4.68 Å². The molecule has 2 heterocycles. The third kappa shape index (κ3) is 1.21. The maximum Gasteiger partial charge on any atom is 0.373 e. The molecule has 2 rings (SSSR count). The summed E-state index contributed by atoms with van der Waals surface area (Å²) in [4.78, 5) is 11.2. The highest BCUT2D eigenvalue weighted by atomic mass is 15.3. The van der Waals surface area contributed by atoms with Crippen molar-refractivity contribution in [2.75, 3.05) is 0 Å². The fourth-order valence-electron chi connectivity index (χ4n) is 1.26. The predicted molar refractivity (Wildman–Crippen MR) is 52.0 cm³/mol. The zero-order valence-electron chi connectivity index (χ0n) is 7.97. The Bertz CT molecular complexity index is 505. The summed E-state index contributed by atoms with van der Waals surface area (Å²) in [6.07, 6.45) is 3.34. The number of hydrogen-bond acceptors (Lipinski definition) is 3. The molecular weight excluding hydrogens is 178 g/mol. The molecule has 70 valence electrons. The van der Waals surface area contributed by atoms with Crippen molar-refractivity contribution in [3.05, 3.63) is 23.8 Å². The molecule has 0 N–H and O–H groups in total. The number of aromatic nitrogens is 4. The monoisotopic (exact) mass is 187 g/mol. The first-order chi connectivity index (χ1) is 6.72. The minimum Gasteiger partial charge on any atom is -0.394 e. The van der Waals surface area contributed by atoms with Crippen molar-refractivity contribution in [1.82, 2.24) is 19.7 Å². The smallest absolute Gasteiger partial charge is 0.373 e. The quantitative estimate of drug-likeness (QED) is 0.641. The van der Waals surface area contributed by atoms with Gasteiger partial charge in [0.15, 0.2) is 0 Å². The van der Waals surface area contributed by atoms with Gasteiger partial charge in [0.1, 0.15) is 0 Å². The molecule has 2 aromatic rings. The van der Waals surface area contributed by atoms with Gasteiger partial charge in [-0.1, -0.05) is 0 Å². The fraction of sp³-hybridized carbons (Fsp3) is 0.333. The predicted octanol–water partition coefficient (Wildman–Crippen LogP) is 1.96. The van der Waals surface area contributed by atoms with Gasteiger partial charge in [-0.05, 0) is 13.8 Å². The first kappa shape index (κ1) is 8.63. The standard InChI is InChI=1S/C9H9N5/c1-6(2)14-8-7(5-12-14)4-11-9(10-3)13-8/h4-6H,1-2H3. The van der Waals surface area contributed by atoms with Crippen LogP contribution in [0.1, 0.15) is 19.9 Å². The van der Waals surface area contributed by atoms with Crippen molar-refractivity contribution in [2.45, 2.75) is 19.9 Å². The summed E-state index contributed by atoms with van der Waals surface area (Å²) in [6.45, 7) is 10.9. The summed E-state index contributed by atoms with van der Waals surface area (Å²) in [5.74, 6) is 0.167. The largest absolute Gasteiger partial charge is 0.394 e. The van der Waals surface area contributed by atoms with E-state index in [-0.39, 0.29) is 12.0 Å². The molecule has 0 aliphatic carbocycles. The zero-order chi connectivity index (χ0) is 10.1. The summed E-state index contributed by atoms with van der Waals surface area (Å²) in [5.41, 5.74) is 0.723. The van der Waals surface area contributed by atoms with Crippen molar-refractivity contribution < 1.29 is 0 Å². The van der Waals surface area contributed by atoms with Crippen molar-refractivity contribution in [1.29, 1.82) is 0 Å². The van der Waals surface area contributed by atoms with Gasteiger partial charge < -0.3 is 4.85 Å². The van der Waals surface area contributed by atoms with Crippen LogP contribution in [0.15, 0.2) is 12.4 Å². The Balaban J connectivity index is 2.71. The molecule has 0 saturated heterocycles. The summed E-state index contributed by atoms with van der Waals surface area (Å²) in [6, 6.07) is 0.237. The van der Waals surface area contributed by atoms with Gasteiger partial charge in [0.25, 0.3) is 0 Å². The van der Waals surface area contributed by atoms with Crippen molar-refractivity contribution >= 4 is 17.0 Å². The lowest BCUT2D eigenvalue weighted by Crippen LogP contribution is -2.03. The van der Waals surface area contributed by atoms with Gasteiger partial charge in [0, 0.05) is 6.04 Å². The van der Waals surface area contributed by atoms with Crippen molar-refractivity contribution in [3.63, 3.8) is 0 Å². The molecule has 0 unspecified atom stereocenters. The highest BCUT2D eigenvalue weighted by molar-refractivity contribution is 5.74. The molecule has 0 fully saturated rings. The minimum absolute atomic E-state index is 0.167. The van der Waals surface area contributed by atoms with Crippen molar-refractivity contribution in [2.24, 2.45) is 0 Å². The third-order valence-electron chi connectivity index (χ3n) is 1.91. The van der Waals surface area contributed by atoms with E-state index in [4.69, 9.17) is 6.57 Å². The van der Waals surface area contributed by atoms with Gasteiger partial charge in [-0.15, -0.1) is 11.6 Å². The second-order valence-corrected chi connectivity index (χ2v) is 3.24. The van der Waals surface area contributed by atoms with Crippen LogP contribution in [0.2, 0.25) is 0 Å². The van der Waals surface area contributed by atoms with E-state index < -0.39 is 0 Å². The first-order valence-corrected chi connectivity index (χ1v) is 4.30. The van der Waals surface area contributed by atoms with Crippen LogP contribution in [0, 0.1) is 6.57 Å². The molecule has 0 atom stereocenters. The van der Waals surface area contributed by atoms with Crippen LogP contribution in [-0.4, -0.2) is 19.7 Å². The third-order valence-corrected chi connectivity index (χ3v) is 1.91. The Labute approximate surface area is 81.2 Å². The minimum atomic E-state index is 0.167. The van der Waals surface area contributed by atoms with Gasteiger partial charge in [-0.2, -0.15) is 10.1 Å². The molecular formula is C9H9N5. The van der Waals surface area contributed by atoms with Gasteiger partial charge >= 0.3 is 5.95 Å². The molecule has 0 radical (unpaired) electrons. The van der Waals surface area contributed by atoms with Crippen LogP contribution < -0.4 is 0 Å². The van der Waals surface area contributed by atoms with E-state index in [1.165, 1.54) is 0 Å². The molecule has 0 aliphatic rings. The molecule has 2 aromatic heterocycles. The SMILES string of the molecule is [C-]#[N+]c1ncc2cnn(C(C)C)c2n1. The van der Waals surface area contributed by atoms with E-state index in [0.717, 1.165) is 11.0 Å². The number of nitrogens with zero attached hydrogens (tertiary/aromatic N) is 5. The molecule has 0 bridgehead atoms. The van der Waals surface area contributed by atoms with Gasteiger partial charge in [0.2, 0.25) is 5.65 Å². The van der Waals surface area contributed by atoms with Crippen LogP contribution >= 0.6 is 0 Å². The second kappa shape index (κ2) is 3.07. The lowest BCUT2D eigenvalue weighted by molar-refractivity contribution is 0.546. The number of hydrogen-bond donors (Lipinski definition) is 0. The Kier molecular flexibility index (Phi) is 1.89. The van der Waals surface area contributed by atoms with E-state index in [0.29, 0.717) is 0 Å². The molecule has 0 saturated carbocycles. The lowest BCUT2D eigenvalue weighted by atomic mass is 10.4. The Morgan fingerprint density at radius 2 is 2.21 bits per heavy atom. The van der Waals surface area contributed by atoms with Crippen LogP contribution in [0.3, 0.4) is 0 Å². The number of rotatable bonds is 1. The van der Waals surface area contributed by atoms with Gasteiger partial charge in [-0.3, -0.25) is 0 Å². The second-order valence-electron chi connectivity index (χ2n) is 3.24. The molecule has 5 heteroatoms. The van der Waals surface area contributed by atoms with Crippen LogP contribution in [0.25, 0.3) is 15.9 Å². The summed E-state index contributed by atoms with van der Waals surface area (Å²) < 4.78 is 1.78. The topological polar surface area (TPSA) is 48.0 Å². The van der Waals surface area contributed by atoms with Crippen molar-refractivity contribution in [3.8, 4) is 0 Å². The maximum absolute atomic E-state index is 6.82. The lowest BCUT2D eigenvalue weighted by Gasteiger charge is -2.03. The molecule has 0 aliphatic heterocycles. The molecule has 0 amide bonds. The normalized spacial score (nSPS) is 10.7. The molecule has 5 nitrogen and oxygen atoms in total. The highest BCUT2D eigenvalue weighted by Gasteiger charge is 2.10. The van der Waals surface area contributed by atoms with E-state index in [1.54, 1.807) is 17.1 Å². The zero-order valence-corrected chi connectivity index (χ0v) is 7.97. The molecule has 0 aromatic carbocycles. The van der Waals surface area contributed by atoms with Gasteiger partial charge in [0.05, 0.1) is 17.8 Å². The van der Waals surface area contributed by atoms with Crippen LogP contribution in [-0.2, 0) is 0 Å². The Morgan fingerprint density at radius 3 is 2.86 bits per heavy atom. The Morgan fingerprint density at radius 1 is 1.43 bits per heavy atom. The first-order valence-electron chi connectivity index (χ1n) is 4.30.